The van der Waals surface area contributed by atoms with Crippen molar-refractivity contribution < 1.29 is 0 Å². The summed E-state index contributed by atoms with van der Waals surface area (Å²) in [7, 11) is 0. The van der Waals surface area contributed by atoms with Crippen LogP contribution >= 0.6 is 11.3 Å². The zero-order valence-electron chi connectivity index (χ0n) is 12.5. The molecule has 2 aliphatic rings. The van der Waals surface area contributed by atoms with E-state index in [-0.39, 0.29) is 0 Å². The first-order valence-corrected chi connectivity index (χ1v) is 8.10. The van der Waals surface area contributed by atoms with E-state index in [0.717, 1.165) is 21.8 Å². The predicted molar refractivity (Wildman–Crippen MR) is 94.4 cm³/mol. The first kappa shape index (κ1) is 13.7. The van der Waals surface area contributed by atoms with Crippen LogP contribution in [0.4, 0.5) is 0 Å². The van der Waals surface area contributed by atoms with Crippen LogP contribution in [0.2, 0.25) is 0 Å². The van der Waals surface area contributed by atoms with Crippen molar-refractivity contribution in [2.24, 2.45) is 0 Å². The Hall–Kier alpha value is -2.90. The molecular formula is C19H13N3S. The smallest absolute Gasteiger partial charge is 0.155 e. The Balaban J connectivity index is 0.000000160. The van der Waals surface area contributed by atoms with E-state index in [2.05, 4.69) is 41.1 Å². The van der Waals surface area contributed by atoms with E-state index >= 15 is 0 Å². The van der Waals surface area contributed by atoms with Crippen molar-refractivity contribution in [2.45, 2.75) is 6.92 Å². The second-order valence-electron chi connectivity index (χ2n) is 5.28. The Morgan fingerprint density at radius 2 is 2.09 bits per heavy atom. The minimum atomic E-state index is 0.828. The molecule has 3 aromatic rings. The molecule has 110 valence electrons. The molecule has 0 aromatic carbocycles. The number of thiophene rings is 1. The van der Waals surface area contributed by atoms with Gasteiger partial charge >= 0.3 is 0 Å². The first-order valence-electron chi connectivity index (χ1n) is 7.22. The third-order valence-electron chi connectivity index (χ3n) is 3.78. The summed E-state index contributed by atoms with van der Waals surface area (Å²) >= 11 is 1.60. The molecule has 3 nitrogen and oxygen atoms in total. The van der Waals surface area contributed by atoms with Gasteiger partial charge in [0.05, 0.1) is 16.8 Å². The highest BCUT2D eigenvalue weighted by Gasteiger charge is 2.12. The lowest BCUT2D eigenvalue weighted by atomic mass is 10.2. The van der Waals surface area contributed by atoms with Crippen molar-refractivity contribution in [3.05, 3.63) is 65.3 Å². The van der Waals surface area contributed by atoms with Gasteiger partial charge in [-0.3, -0.25) is 0 Å². The molecule has 0 atom stereocenters. The average molecular weight is 315 g/mol. The first-order chi connectivity index (χ1) is 11.3. The lowest BCUT2D eigenvalue weighted by molar-refractivity contribution is 0.941. The van der Waals surface area contributed by atoms with Gasteiger partial charge in [-0.25, -0.2) is 9.50 Å². The zero-order chi connectivity index (χ0) is 15.8. The number of aromatic nitrogens is 3. The zero-order valence-corrected chi connectivity index (χ0v) is 13.3. The molecule has 0 N–H and O–H groups in total. The van der Waals surface area contributed by atoms with Gasteiger partial charge in [-0.2, -0.15) is 5.10 Å². The van der Waals surface area contributed by atoms with Crippen molar-refractivity contribution in [3.8, 4) is 34.0 Å². The van der Waals surface area contributed by atoms with Crippen molar-refractivity contribution in [1.82, 2.24) is 14.6 Å². The molecule has 0 aliphatic heterocycles. The van der Waals surface area contributed by atoms with Crippen LogP contribution in [0.5, 0.6) is 0 Å². The maximum atomic E-state index is 5.44. The van der Waals surface area contributed by atoms with Gasteiger partial charge in [-0.1, -0.05) is 18.1 Å². The number of rotatable bonds is 1. The van der Waals surface area contributed by atoms with Crippen LogP contribution in [-0.4, -0.2) is 14.6 Å². The van der Waals surface area contributed by atoms with E-state index in [1.807, 2.05) is 29.8 Å². The molecule has 0 unspecified atom stereocenters. The van der Waals surface area contributed by atoms with Crippen LogP contribution in [0.3, 0.4) is 0 Å². The van der Waals surface area contributed by atoms with Gasteiger partial charge < -0.3 is 0 Å². The summed E-state index contributed by atoms with van der Waals surface area (Å²) in [6, 6.07) is 12.2. The van der Waals surface area contributed by atoms with Crippen LogP contribution in [0, 0.1) is 19.3 Å². The normalized spacial score (nSPS) is 10.8. The summed E-state index contributed by atoms with van der Waals surface area (Å²) < 4.78 is 1.73. The minimum absolute atomic E-state index is 0.828. The maximum Gasteiger partial charge on any atom is 0.155 e. The number of benzene rings is 1. The molecule has 0 saturated carbocycles. The third-order valence-corrected chi connectivity index (χ3v) is 4.71. The second-order valence-corrected chi connectivity index (χ2v) is 6.20. The number of terminal acetylenes is 1. The fraction of sp³-hybridized carbons (Fsp3) is 0.0526. The van der Waals surface area contributed by atoms with Crippen molar-refractivity contribution in [3.63, 3.8) is 0 Å². The molecule has 3 aromatic heterocycles. The SMILES string of the molecule is C#Cc1ccsc1-c1ccn2nccc2n1.Cc1ccc2cc1-2. The molecule has 3 heterocycles. The molecule has 0 amide bonds. The van der Waals surface area contributed by atoms with Crippen molar-refractivity contribution >= 4 is 17.0 Å². The summed E-state index contributed by atoms with van der Waals surface area (Å²) in [5.74, 6) is 2.66. The largest absolute Gasteiger partial charge is 0.228 e. The standard InChI is InChI=1S/C12H7N3S.C7H6/c1-2-9-5-8-16-12(9)10-4-7-15-11(14-10)3-6-13-15;1-5-2-3-6-4-7(5)6/h1,3-8H;2-4H,1H3. The molecule has 4 heteroatoms. The summed E-state index contributed by atoms with van der Waals surface area (Å²) in [5, 5.41) is 6.08. The molecule has 0 radical (unpaired) electrons. The van der Waals surface area contributed by atoms with Crippen LogP contribution in [0.15, 0.2) is 54.2 Å². The Morgan fingerprint density at radius 3 is 2.74 bits per heavy atom. The van der Waals surface area contributed by atoms with Gasteiger partial charge in [0, 0.05) is 17.8 Å². The number of aryl methyl sites for hydroxylation is 1. The molecule has 0 saturated heterocycles. The highest BCUT2D eigenvalue weighted by atomic mass is 32.1. The summed E-state index contributed by atoms with van der Waals surface area (Å²) in [6.07, 6.45) is 9.05. The van der Waals surface area contributed by atoms with E-state index in [9.17, 15) is 0 Å². The highest BCUT2D eigenvalue weighted by Crippen LogP contribution is 2.37. The lowest BCUT2D eigenvalue weighted by Crippen LogP contribution is -1.91. The number of fused-ring (bicyclic) bond motifs is 2. The number of hydrogen-bond acceptors (Lipinski definition) is 3. The fourth-order valence-electron chi connectivity index (χ4n) is 2.46. The quantitative estimate of drug-likeness (QED) is 0.429. The number of hydrogen-bond donors (Lipinski definition) is 0. The maximum absolute atomic E-state index is 5.44. The Bertz CT molecular complexity index is 1050. The van der Waals surface area contributed by atoms with Gasteiger partial charge in [0.25, 0.3) is 0 Å². The third kappa shape index (κ3) is 2.52. The van der Waals surface area contributed by atoms with Gasteiger partial charge in [0.2, 0.25) is 0 Å². The van der Waals surface area contributed by atoms with E-state index in [1.54, 1.807) is 22.0 Å². The van der Waals surface area contributed by atoms with Crippen LogP contribution < -0.4 is 0 Å². The average Bonchev–Trinajstić information content (AvgIpc) is 2.95. The van der Waals surface area contributed by atoms with E-state index in [4.69, 9.17) is 6.42 Å². The van der Waals surface area contributed by atoms with E-state index in [0.29, 0.717) is 0 Å². The Labute approximate surface area is 138 Å². The van der Waals surface area contributed by atoms with Crippen molar-refractivity contribution in [2.75, 3.05) is 0 Å². The fourth-order valence-corrected chi connectivity index (χ4v) is 3.29. The second kappa shape index (κ2) is 5.38. The topological polar surface area (TPSA) is 30.2 Å². The lowest BCUT2D eigenvalue weighted by Gasteiger charge is -1.99. The predicted octanol–water partition coefficient (Wildman–Crippen LogP) is 4.41. The van der Waals surface area contributed by atoms with Gasteiger partial charge in [0.15, 0.2) is 5.65 Å². The molecule has 0 fully saturated rings. The van der Waals surface area contributed by atoms with Crippen LogP contribution in [0.1, 0.15) is 11.1 Å². The Morgan fingerprint density at radius 1 is 1.17 bits per heavy atom. The monoisotopic (exact) mass is 315 g/mol. The van der Waals surface area contributed by atoms with Crippen LogP contribution in [0.25, 0.3) is 27.3 Å². The molecule has 0 bridgehead atoms. The molecular weight excluding hydrogens is 302 g/mol. The van der Waals surface area contributed by atoms with E-state index < -0.39 is 0 Å². The molecule has 2 aliphatic carbocycles. The van der Waals surface area contributed by atoms with E-state index in [1.165, 1.54) is 16.7 Å². The molecule has 0 spiro atoms. The highest BCUT2D eigenvalue weighted by molar-refractivity contribution is 7.13. The Kier molecular flexibility index (Phi) is 3.22. The molecule has 23 heavy (non-hydrogen) atoms. The number of nitrogens with zero attached hydrogens (tertiary/aromatic N) is 3. The molecule has 5 rings (SSSR count). The van der Waals surface area contributed by atoms with Gasteiger partial charge in [-0.05, 0) is 47.2 Å². The minimum Gasteiger partial charge on any atom is -0.228 e. The van der Waals surface area contributed by atoms with Gasteiger partial charge in [-0.15, -0.1) is 17.8 Å². The summed E-state index contributed by atoms with van der Waals surface area (Å²) in [5.41, 5.74) is 6.96. The van der Waals surface area contributed by atoms with Crippen LogP contribution in [-0.2, 0) is 0 Å². The van der Waals surface area contributed by atoms with Crippen molar-refractivity contribution in [1.29, 1.82) is 0 Å². The van der Waals surface area contributed by atoms with Gasteiger partial charge in [0.1, 0.15) is 0 Å². The summed E-state index contributed by atoms with van der Waals surface area (Å²) in [6.45, 7) is 2.14. The summed E-state index contributed by atoms with van der Waals surface area (Å²) in [4.78, 5) is 5.54.